The number of fused-ring (bicyclic) bond motifs is 1. The van der Waals surface area contributed by atoms with Crippen LogP contribution in [0.15, 0.2) is 42.5 Å². The Kier molecular flexibility index (Phi) is 3.58. The number of nitrogens with two attached hydrogens (primary N) is 1. The van der Waals surface area contributed by atoms with Crippen LogP contribution in [0.3, 0.4) is 0 Å². The zero-order valence-corrected chi connectivity index (χ0v) is 11.6. The lowest BCUT2D eigenvalue weighted by molar-refractivity contribution is -0.123. The lowest BCUT2D eigenvalue weighted by atomic mass is 9.98. The van der Waals surface area contributed by atoms with Gasteiger partial charge in [0.05, 0.1) is 5.54 Å². The van der Waals surface area contributed by atoms with Gasteiger partial charge in [-0.15, -0.1) is 0 Å². The standard InChI is InChI=1S/C16H20N2O/c1-11(18-16(2,3)15(17)19)13-9-8-12-6-4-5-7-14(12)10-13/h4-11,18H,1-3H3,(H2,17,19). The third-order valence-corrected chi connectivity index (χ3v) is 3.47. The molecule has 3 nitrogen and oxygen atoms in total. The molecule has 1 unspecified atom stereocenters. The van der Waals surface area contributed by atoms with Crippen molar-refractivity contribution in [1.29, 1.82) is 0 Å². The first-order valence-corrected chi connectivity index (χ1v) is 6.46. The summed E-state index contributed by atoms with van der Waals surface area (Å²) in [6.07, 6.45) is 0. The minimum absolute atomic E-state index is 0.0621. The van der Waals surface area contributed by atoms with E-state index in [1.54, 1.807) is 13.8 Å². The van der Waals surface area contributed by atoms with Crippen LogP contribution in [0.25, 0.3) is 10.8 Å². The predicted octanol–water partition coefficient (Wildman–Crippen LogP) is 2.75. The summed E-state index contributed by atoms with van der Waals surface area (Å²) in [5, 5.41) is 5.68. The van der Waals surface area contributed by atoms with Crippen molar-refractivity contribution in [3.05, 3.63) is 48.0 Å². The monoisotopic (exact) mass is 256 g/mol. The van der Waals surface area contributed by atoms with Crippen molar-refractivity contribution in [2.75, 3.05) is 0 Å². The first kappa shape index (κ1) is 13.6. The van der Waals surface area contributed by atoms with Gasteiger partial charge in [-0.1, -0.05) is 36.4 Å². The smallest absolute Gasteiger partial charge is 0.237 e. The molecular weight excluding hydrogens is 236 g/mol. The maximum Gasteiger partial charge on any atom is 0.237 e. The molecule has 0 spiro atoms. The van der Waals surface area contributed by atoms with E-state index in [2.05, 4.69) is 35.6 Å². The highest BCUT2D eigenvalue weighted by Crippen LogP contribution is 2.21. The number of carbonyl (C=O) groups is 1. The largest absolute Gasteiger partial charge is 0.368 e. The Hall–Kier alpha value is -1.87. The van der Waals surface area contributed by atoms with Gasteiger partial charge < -0.3 is 5.73 Å². The Morgan fingerprint density at radius 1 is 1.16 bits per heavy atom. The maximum absolute atomic E-state index is 11.4. The van der Waals surface area contributed by atoms with E-state index < -0.39 is 5.54 Å². The molecule has 2 rings (SSSR count). The molecule has 0 saturated heterocycles. The van der Waals surface area contributed by atoms with Crippen LogP contribution in [0, 0.1) is 0 Å². The van der Waals surface area contributed by atoms with Crippen molar-refractivity contribution < 1.29 is 4.79 Å². The number of rotatable bonds is 4. The van der Waals surface area contributed by atoms with Crippen molar-refractivity contribution in [2.24, 2.45) is 5.73 Å². The molecule has 0 fully saturated rings. The number of nitrogens with one attached hydrogen (secondary N) is 1. The van der Waals surface area contributed by atoms with Crippen molar-refractivity contribution >= 4 is 16.7 Å². The van der Waals surface area contributed by atoms with E-state index in [0.717, 1.165) is 5.56 Å². The molecule has 0 radical (unpaired) electrons. The van der Waals surface area contributed by atoms with Crippen LogP contribution in [0.5, 0.6) is 0 Å². The highest BCUT2D eigenvalue weighted by molar-refractivity contribution is 5.84. The Morgan fingerprint density at radius 3 is 2.42 bits per heavy atom. The van der Waals surface area contributed by atoms with E-state index >= 15 is 0 Å². The molecule has 3 N–H and O–H groups in total. The quantitative estimate of drug-likeness (QED) is 0.883. The minimum atomic E-state index is -0.717. The summed E-state index contributed by atoms with van der Waals surface area (Å²) in [4.78, 5) is 11.4. The van der Waals surface area contributed by atoms with Gasteiger partial charge in [0.15, 0.2) is 0 Å². The molecular formula is C16H20N2O. The molecule has 2 aromatic rings. The van der Waals surface area contributed by atoms with E-state index in [9.17, 15) is 4.79 Å². The molecule has 1 amide bonds. The summed E-state index contributed by atoms with van der Waals surface area (Å²) < 4.78 is 0. The van der Waals surface area contributed by atoms with Gasteiger partial charge in [-0.2, -0.15) is 0 Å². The van der Waals surface area contributed by atoms with E-state index in [0.29, 0.717) is 0 Å². The van der Waals surface area contributed by atoms with Gasteiger partial charge in [0.2, 0.25) is 5.91 Å². The van der Waals surface area contributed by atoms with Crippen LogP contribution in [-0.4, -0.2) is 11.4 Å². The fraction of sp³-hybridized carbons (Fsp3) is 0.312. The lowest BCUT2D eigenvalue weighted by Gasteiger charge is -2.27. The molecule has 0 heterocycles. The van der Waals surface area contributed by atoms with Crippen LogP contribution >= 0.6 is 0 Å². The summed E-state index contributed by atoms with van der Waals surface area (Å²) in [6, 6.07) is 14.6. The first-order valence-electron chi connectivity index (χ1n) is 6.46. The van der Waals surface area contributed by atoms with E-state index in [4.69, 9.17) is 5.73 Å². The molecule has 0 aliphatic rings. The molecule has 0 bridgehead atoms. The highest BCUT2D eigenvalue weighted by Gasteiger charge is 2.26. The molecule has 0 aromatic heterocycles. The second kappa shape index (κ2) is 5.02. The number of carbonyl (C=O) groups excluding carboxylic acids is 1. The molecule has 0 saturated carbocycles. The molecule has 0 aliphatic carbocycles. The number of hydrogen-bond donors (Lipinski definition) is 2. The van der Waals surface area contributed by atoms with Crippen molar-refractivity contribution in [3.63, 3.8) is 0 Å². The Labute approximate surface area is 113 Å². The Balaban J connectivity index is 2.26. The molecule has 1 atom stereocenters. The van der Waals surface area contributed by atoms with E-state index in [1.807, 2.05) is 19.1 Å². The molecule has 100 valence electrons. The third-order valence-electron chi connectivity index (χ3n) is 3.47. The van der Waals surface area contributed by atoms with Gasteiger partial charge in [0.1, 0.15) is 0 Å². The molecule has 3 heteroatoms. The van der Waals surface area contributed by atoms with Crippen LogP contribution < -0.4 is 11.1 Å². The second-order valence-electron chi connectivity index (χ2n) is 5.46. The van der Waals surface area contributed by atoms with Crippen molar-refractivity contribution in [1.82, 2.24) is 5.32 Å². The van der Waals surface area contributed by atoms with E-state index in [1.165, 1.54) is 10.8 Å². The molecule has 2 aromatic carbocycles. The van der Waals surface area contributed by atoms with E-state index in [-0.39, 0.29) is 11.9 Å². The molecule has 0 aliphatic heterocycles. The van der Waals surface area contributed by atoms with Crippen molar-refractivity contribution in [3.8, 4) is 0 Å². The third kappa shape index (κ3) is 2.93. The van der Waals surface area contributed by atoms with Gasteiger partial charge in [0, 0.05) is 6.04 Å². The normalized spacial score (nSPS) is 13.4. The highest BCUT2D eigenvalue weighted by atomic mass is 16.1. The Bertz CT molecular complexity index is 604. The average Bonchev–Trinajstić information content (AvgIpc) is 2.37. The maximum atomic E-state index is 11.4. The van der Waals surface area contributed by atoms with Crippen LogP contribution in [0.2, 0.25) is 0 Å². The first-order chi connectivity index (χ1) is 8.90. The van der Waals surface area contributed by atoms with Gasteiger partial charge >= 0.3 is 0 Å². The summed E-state index contributed by atoms with van der Waals surface area (Å²) in [5.74, 6) is -0.347. The SMILES string of the molecule is CC(NC(C)(C)C(N)=O)c1ccc2ccccc2c1. The predicted molar refractivity (Wildman–Crippen MR) is 78.8 cm³/mol. The topological polar surface area (TPSA) is 55.1 Å². The molecule has 19 heavy (non-hydrogen) atoms. The van der Waals surface area contributed by atoms with Crippen molar-refractivity contribution in [2.45, 2.75) is 32.4 Å². The summed E-state index contributed by atoms with van der Waals surface area (Å²) in [6.45, 7) is 5.63. The number of amides is 1. The lowest BCUT2D eigenvalue weighted by Crippen LogP contribution is -2.51. The average molecular weight is 256 g/mol. The van der Waals surface area contributed by atoms with Gasteiger partial charge in [-0.3, -0.25) is 10.1 Å². The fourth-order valence-corrected chi connectivity index (χ4v) is 2.17. The Morgan fingerprint density at radius 2 is 1.79 bits per heavy atom. The van der Waals surface area contributed by atoms with Crippen LogP contribution in [0.1, 0.15) is 32.4 Å². The minimum Gasteiger partial charge on any atom is -0.368 e. The summed E-state index contributed by atoms with van der Waals surface area (Å²) in [7, 11) is 0. The summed E-state index contributed by atoms with van der Waals surface area (Å²) >= 11 is 0. The fourth-order valence-electron chi connectivity index (χ4n) is 2.17. The van der Waals surface area contributed by atoms with Crippen LogP contribution in [-0.2, 0) is 4.79 Å². The van der Waals surface area contributed by atoms with Crippen LogP contribution in [0.4, 0.5) is 0 Å². The second-order valence-corrected chi connectivity index (χ2v) is 5.46. The zero-order chi connectivity index (χ0) is 14.0. The summed E-state index contributed by atoms with van der Waals surface area (Å²) in [5.41, 5.74) is 5.81. The van der Waals surface area contributed by atoms with Gasteiger partial charge in [-0.25, -0.2) is 0 Å². The van der Waals surface area contributed by atoms with Gasteiger partial charge in [-0.05, 0) is 43.2 Å². The number of hydrogen-bond acceptors (Lipinski definition) is 2. The zero-order valence-electron chi connectivity index (χ0n) is 11.6. The number of primary amides is 1. The van der Waals surface area contributed by atoms with Gasteiger partial charge in [0.25, 0.3) is 0 Å². The number of benzene rings is 2.